The van der Waals surface area contributed by atoms with Crippen molar-refractivity contribution in [2.24, 2.45) is 11.7 Å². The van der Waals surface area contributed by atoms with Crippen molar-refractivity contribution in [1.29, 1.82) is 0 Å². The quantitative estimate of drug-likeness (QED) is 0.789. The number of ether oxygens (including phenoxy) is 1. The summed E-state index contributed by atoms with van der Waals surface area (Å²) in [4.78, 5) is 26.9. The maximum atomic E-state index is 12.8. The Bertz CT molecular complexity index is 456. The van der Waals surface area contributed by atoms with Crippen molar-refractivity contribution in [2.45, 2.75) is 69.4 Å². The van der Waals surface area contributed by atoms with E-state index in [1.54, 1.807) is 0 Å². The first kappa shape index (κ1) is 17.7. The van der Waals surface area contributed by atoms with Gasteiger partial charge in [-0.3, -0.25) is 14.5 Å². The number of rotatable bonds is 5. The number of hydrogen-bond acceptors (Lipinski definition) is 4. The lowest BCUT2D eigenvalue weighted by atomic mass is 9.83. The van der Waals surface area contributed by atoms with E-state index in [0.717, 1.165) is 64.8 Å². The minimum absolute atomic E-state index is 0.00918. The highest BCUT2D eigenvalue weighted by atomic mass is 16.5. The third kappa shape index (κ3) is 3.91. The molecule has 3 aliphatic rings. The maximum absolute atomic E-state index is 12.8. The summed E-state index contributed by atoms with van der Waals surface area (Å²) in [6.07, 6.45) is 8.85. The number of carbonyl (C=O) groups is 2. The molecule has 0 aromatic rings. The highest BCUT2D eigenvalue weighted by molar-refractivity contribution is 5.81. The molecular formula is C18H31N3O3. The second-order valence-electron chi connectivity index (χ2n) is 7.67. The van der Waals surface area contributed by atoms with Crippen LogP contribution in [0.2, 0.25) is 0 Å². The van der Waals surface area contributed by atoms with E-state index in [1.165, 1.54) is 12.8 Å². The molecule has 2 amide bonds. The molecule has 6 heteroatoms. The fraction of sp³-hybridized carbons (Fsp3) is 0.889. The summed E-state index contributed by atoms with van der Waals surface area (Å²) in [6.45, 7) is 3.35. The molecule has 3 rings (SSSR count). The van der Waals surface area contributed by atoms with Crippen molar-refractivity contribution in [1.82, 2.24) is 10.2 Å². The molecule has 0 radical (unpaired) electrons. The second-order valence-corrected chi connectivity index (χ2v) is 7.67. The molecule has 1 saturated heterocycles. The fourth-order valence-electron chi connectivity index (χ4n) is 4.88. The van der Waals surface area contributed by atoms with E-state index in [2.05, 4.69) is 10.2 Å². The van der Waals surface area contributed by atoms with Crippen molar-refractivity contribution in [2.75, 3.05) is 26.3 Å². The number of primary amides is 1. The van der Waals surface area contributed by atoms with Gasteiger partial charge in [0.2, 0.25) is 11.8 Å². The molecule has 0 aromatic heterocycles. The molecule has 24 heavy (non-hydrogen) atoms. The van der Waals surface area contributed by atoms with Crippen LogP contribution < -0.4 is 11.1 Å². The molecule has 1 heterocycles. The lowest BCUT2D eigenvalue weighted by Crippen LogP contribution is -2.55. The van der Waals surface area contributed by atoms with E-state index in [0.29, 0.717) is 6.42 Å². The van der Waals surface area contributed by atoms with Gasteiger partial charge in [0.05, 0.1) is 19.1 Å². The van der Waals surface area contributed by atoms with Crippen LogP contribution in [0, 0.1) is 5.92 Å². The van der Waals surface area contributed by atoms with Gasteiger partial charge in [0, 0.05) is 31.1 Å². The van der Waals surface area contributed by atoms with Crippen LogP contribution in [0.25, 0.3) is 0 Å². The Morgan fingerprint density at radius 2 is 1.75 bits per heavy atom. The molecule has 0 aromatic carbocycles. The Labute approximate surface area is 144 Å². The van der Waals surface area contributed by atoms with Crippen molar-refractivity contribution in [3.63, 3.8) is 0 Å². The van der Waals surface area contributed by atoms with E-state index in [9.17, 15) is 9.59 Å². The third-order valence-electron chi connectivity index (χ3n) is 6.18. The highest BCUT2D eigenvalue weighted by Crippen LogP contribution is 2.38. The summed E-state index contributed by atoms with van der Waals surface area (Å²) in [5.41, 5.74) is 5.52. The Hall–Kier alpha value is -1.14. The van der Waals surface area contributed by atoms with Crippen molar-refractivity contribution in [3.8, 4) is 0 Å². The molecule has 1 aliphatic heterocycles. The molecule has 6 nitrogen and oxygen atoms in total. The van der Waals surface area contributed by atoms with Gasteiger partial charge in [0.15, 0.2) is 0 Å². The number of hydrogen-bond donors (Lipinski definition) is 2. The van der Waals surface area contributed by atoms with Crippen LogP contribution in [0.15, 0.2) is 0 Å². The Morgan fingerprint density at radius 1 is 1.08 bits per heavy atom. The van der Waals surface area contributed by atoms with Crippen LogP contribution in [-0.2, 0) is 14.3 Å². The summed E-state index contributed by atoms with van der Waals surface area (Å²) >= 11 is 0. The predicted molar refractivity (Wildman–Crippen MR) is 91.3 cm³/mol. The van der Waals surface area contributed by atoms with Crippen molar-refractivity contribution >= 4 is 11.8 Å². The average molecular weight is 337 g/mol. The smallest absolute Gasteiger partial charge is 0.222 e. The van der Waals surface area contributed by atoms with Crippen molar-refractivity contribution < 1.29 is 14.3 Å². The molecule has 2 aliphatic carbocycles. The number of amides is 2. The molecule has 2 saturated carbocycles. The zero-order chi connectivity index (χ0) is 17.0. The zero-order valence-electron chi connectivity index (χ0n) is 14.6. The first-order chi connectivity index (χ1) is 11.6. The fourth-order valence-corrected chi connectivity index (χ4v) is 4.88. The van der Waals surface area contributed by atoms with Gasteiger partial charge in [-0.2, -0.15) is 0 Å². The number of carbonyl (C=O) groups excluding carboxylic acids is 2. The molecule has 136 valence electrons. The predicted octanol–water partition coefficient (Wildman–Crippen LogP) is 1.18. The lowest BCUT2D eigenvalue weighted by molar-refractivity contribution is -0.128. The normalized spacial score (nSPS) is 30.8. The van der Waals surface area contributed by atoms with E-state index >= 15 is 0 Å². The topological polar surface area (TPSA) is 84.7 Å². The van der Waals surface area contributed by atoms with Gasteiger partial charge in [-0.15, -0.1) is 0 Å². The van der Waals surface area contributed by atoms with Crippen LogP contribution in [0.1, 0.15) is 57.8 Å². The summed E-state index contributed by atoms with van der Waals surface area (Å²) in [6, 6.07) is -0.0770. The molecule has 0 bridgehead atoms. The number of nitrogens with zero attached hydrogens (tertiary/aromatic N) is 1. The minimum atomic E-state index is -0.274. The van der Waals surface area contributed by atoms with E-state index < -0.39 is 0 Å². The summed E-state index contributed by atoms with van der Waals surface area (Å²) in [5, 5.41) is 3.14. The standard InChI is InChI=1S/C18H31N3O3/c19-17(23)14-5-1-2-6-15(14)20-16(22)13-18(7-3-4-8-18)21-9-11-24-12-10-21/h14-15H,1-13H2,(H2,19,23)(H,20,22)/t14-,15-/m1/s1. The monoisotopic (exact) mass is 337 g/mol. The minimum Gasteiger partial charge on any atom is -0.379 e. The molecule has 2 atom stereocenters. The van der Waals surface area contributed by atoms with Crippen LogP contribution in [0.3, 0.4) is 0 Å². The van der Waals surface area contributed by atoms with Gasteiger partial charge in [0.1, 0.15) is 0 Å². The molecule has 3 fully saturated rings. The van der Waals surface area contributed by atoms with Crippen LogP contribution in [-0.4, -0.2) is 54.6 Å². The lowest BCUT2D eigenvalue weighted by Gasteiger charge is -2.43. The van der Waals surface area contributed by atoms with E-state index in [-0.39, 0.29) is 29.3 Å². The van der Waals surface area contributed by atoms with Crippen LogP contribution in [0.5, 0.6) is 0 Å². The molecule has 0 unspecified atom stereocenters. The number of nitrogens with two attached hydrogens (primary N) is 1. The van der Waals surface area contributed by atoms with Gasteiger partial charge in [-0.05, 0) is 25.7 Å². The van der Waals surface area contributed by atoms with Crippen molar-refractivity contribution in [3.05, 3.63) is 0 Å². The maximum Gasteiger partial charge on any atom is 0.222 e. The van der Waals surface area contributed by atoms with Crippen LogP contribution >= 0.6 is 0 Å². The van der Waals surface area contributed by atoms with Gasteiger partial charge < -0.3 is 15.8 Å². The van der Waals surface area contributed by atoms with Gasteiger partial charge in [-0.25, -0.2) is 0 Å². The van der Waals surface area contributed by atoms with E-state index in [1.807, 2.05) is 0 Å². The first-order valence-electron chi connectivity index (χ1n) is 9.52. The van der Waals surface area contributed by atoms with Gasteiger partial charge in [0.25, 0.3) is 0 Å². The Morgan fingerprint density at radius 3 is 2.42 bits per heavy atom. The summed E-state index contributed by atoms with van der Waals surface area (Å²) in [7, 11) is 0. The average Bonchev–Trinajstić information content (AvgIpc) is 3.05. The number of morpholine rings is 1. The molecule has 0 spiro atoms. The Kier molecular flexibility index (Phi) is 5.76. The largest absolute Gasteiger partial charge is 0.379 e. The SMILES string of the molecule is NC(=O)[C@@H]1CCCC[C@H]1NC(=O)CC1(N2CCOCC2)CCCC1. The Balaban J connectivity index is 1.62. The molecule has 3 N–H and O–H groups in total. The van der Waals surface area contributed by atoms with Gasteiger partial charge in [-0.1, -0.05) is 25.7 Å². The van der Waals surface area contributed by atoms with Crippen LogP contribution in [0.4, 0.5) is 0 Å². The zero-order valence-corrected chi connectivity index (χ0v) is 14.6. The first-order valence-corrected chi connectivity index (χ1v) is 9.52. The second kappa shape index (κ2) is 7.83. The summed E-state index contributed by atoms with van der Waals surface area (Å²) in [5.74, 6) is -0.393. The highest BCUT2D eigenvalue weighted by Gasteiger charge is 2.42. The van der Waals surface area contributed by atoms with Gasteiger partial charge >= 0.3 is 0 Å². The molecular weight excluding hydrogens is 306 g/mol. The number of nitrogens with one attached hydrogen (secondary N) is 1. The summed E-state index contributed by atoms with van der Waals surface area (Å²) < 4.78 is 5.48. The van der Waals surface area contributed by atoms with E-state index in [4.69, 9.17) is 10.5 Å². The third-order valence-corrected chi connectivity index (χ3v) is 6.18.